The van der Waals surface area contributed by atoms with Crippen LogP contribution in [0, 0.1) is 0 Å². The van der Waals surface area contributed by atoms with Crippen molar-refractivity contribution < 1.29 is 23.7 Å². The second-order valence-corrected chi connectivity index (χ2v) is 8.22. The van der Waals surface area contributed by atoms with Crippen LogP contribution in [0.1, 0.15) is 10.4 Å². The van der Waals surface area contributed by atoms with E-state index in [1.807, 2.05) is 72.8 Å². The topological polar surface area (TPSA) is 54.0 Å². The van der Waals surface area contributed by atoms with Crippen LogP contribution < -0.4 is 24.3 Å². The SMILES string of the molecule is COc1cccc(OC)c1C(=O)Pc1ccc(Oc2ccccc2)cc1Oc1ccccc1.[Li]. The van der Waals surface area contributed by atoms with Crippen molar-refractivity contribution >= 4 is 38.3 Å². The van der Waals surface area contributed by atoms with Gasteiger partial charge in [-0.2, -0.15) is 0 Å². The third-order valence-corrected chi connectivity index (χ3v) is 5.97. The van der Waals surface area contributed by atoms with Crippen molar-refractivity contribution in [1.82, 2.24) is 0 Å². The molecule has 0 aromatic heterocycles. The normalized spacial score (nSPS) is 10.4. The summed E-state index contributed by atoms with van der Waals surface area (Å²) in [4.78, 5) is 13.3. The Morgan fingerprint density at radius 2 is 1.18 bits per heavy atom. The molecule has 1 radical (unpaired) electrons. The monoisotopic (exact) mass is 465 g/mol. The fourth-order valence-electron chi connectivity index (χ4n) is 3.25. The molecular weight excluding hydrogens is 442 g/mol. The molecule has 1 unspecified atom stereocenters. The summed E-state index contributed by atoms with van der Waals surface area (Å²) < 4.78 is 22.9. The minimum Gasteiger partial charge on any atom is -0.496 e. The van der Waals surface area contributed by atoms with Crippen molar-refractivity contribution in [2.75, 3.05) is 14.2 Å². The molecule has 0 saturated heterocycles. The average molecular weight is 465 g/mol. The minimum atomic E-state index is -0.210. The van der Waals surface area contributed by atoms with E-state index in [-0.39, 0.29) is 33.0 Å². The number of ether oxygens (including phenoxy) is 4. The molecule has 0 saturated carbocycles. The van der Waals surface area contributed by atoms with Crippen LogP contribution in [0.2, 0.25) is 0 Å². The Balaban J connectivity index is 0.00000324. The van der Waals surface area contributed by atoms with Gasteiger partial charge < -0.3 is 18.9 Å². The second-order valence-electron chi connectivity index (χ2n) is 6.98. The number of methoxy groups -OCH3 is 2. The molecular formula is C27H23LiO5P. The van der Waals surface area contributed by atoms with Gasteiger partial charge in [-0.15, -0.1) is 0 Å². The maximum Gasteiger partial charge on any atom is 0.193 e. The zero-order valence-electron chi connectivity index (χ0n) is 19.3. The Labute approximate surface area is 213 Å². The predicted octanol–water partition coefficient (Wildman–Crippen LogP) is 6.05. The van der Waals surface area contributed by atoms with E-state index in [2.05, 4.69) is 0 Å². The summed E-state index contributed by atoms with van der Waals surface area (Å²) in [7, 11) is 2.86. The number of para-hydroxylation sites is 2. The van der Waals surface area contributed by atoms with Crippen molar-refractivity contribution in [1.29, 1.82) is 0 Å². The molecule has 0 amide bonds. The summed E-state index contributed by atoms with van der Waals surface area (Å²) >= 11 is 0. The molecule has 0 fully saturated rings. The first kappa shape index (κ1) is 25.4. The van der Waals surface area contributed by atoms with Gasteiger partial charge in [0.15, 0.2) is 5.52 Å². The van der Waals surface area contributed by atoms with Crippen LogP contribution in [-0.4, -0.2) is 38.6 Å². The molecule has 0 aliphatic heterocycles. The first-order valence-corrected chi connectivity index (χ1v) is 11.3. The van der Waals surface area contributed by atoms with Gasteiger partial charge in [0.05, 0.1) is 14.2 Å². The van der Waals surface area contributed by atoms with Crippen molar-refractivity contribution in [2.45, 2.75) is 0 Å². The van der Waals surface area contributed by atoms with Crippen LogP contribution in [0.5, 0.6) is 34.5 Å². The van der Waals surface area contributed by atoms with Gasteiger partial charge in [0.1, 0.15) is 40.1 Å². The molecule has 0 bridgehead atoms. The van der Waals surface area contributed by atoms with Crippen LogP contribution in [-0.2, 0) is 0 Å². The molecule has 0 N–H and O–H groups in total. The Hall–Kier alpha value is -3.22. The first-order valence-electron chi connectivity index (χ1n) is 10.3. The quantitative estimate of drug-likeness (QED) is 0.222. The summed E-state index contributed by atoms with van der Waals surface area (Å²) in [5.74, 6) is 3.50. The molecule has 34 heavy (non-hydrogen) atoms. The maximum absolute atomic E-state index is 13.3. The minimum absolute atomic E-state index is 0. The number of benzene rings is 4. The summed E-state index contributed by atoms with van der Waals surface area (Å²) in [6, 6.07) is 29.7. The van der Waals surface area contributed by atoms with E-state index in [1.54, 1.807) is 24.3 Å². The molecule has 7 heteroatoms. The molecule has 0 aliphatic carbocycles. The standard InChI is InChI=1S/C27H23O5P.Li/c1-29-22-14-9-15-23(30-2)26(22)27(28)33-25-17-16-21(31-19-10-5-3-6-11-19)18-24(25)32-20-12-7-4-8-13-20;/h3-18,33H,1-2H3;. The van der Waals surface area contributed by atoms with E-state index in [1.165, 1.54) is 14.2 Å². The Morgan fingerprint density at radius 1 is 0.618 bits per heavy atom. The first-order chi connectivity index (χ1) is 16.2. The molecule has 0 aliphatic rings. The number of carbonyl (C=O) groups excluding carboxylic acids is 1. The maximum atomic E-state index is 13.3. The van der Waals surface area contributed by atoms with E-state index < -0.39 is 0 Å². The summed E-state index contributed by atoms with van der Waals surface area (Å²) in [6.45, 7) is 0. The molecule has 5 nitrogen and oxygen atoms in total. The van der Waals surface area contributed by atoms with Crippen LogP contribution in [0.4, 0.5) is 0 Å². The number of carbonyl (C=O) groups is 1. The second kappa shape index (κ2) is 12.3. The van der Waals surface area contributed by atoms with Crippen molar-refractivity contribution in [3.05, 3.63) is 103 Å². The predicted molar refractivity (Wildman–Crippen MR) is 137 cm³/mol. The summed E-state index contributed by atoms with van der Waals surface area (Å²) in [5, 5.41) is 0.747. The van der Waals surface area contributed by atoms with E-state index in [4.69, 9.17) is 18.9 Å². The number of rotatable bonds is 9. The number of hydrogen-bond donors (Lipinski definition) is 0. The molecule has 4 rings (SSSR count). The zero-order valence-corrected chi connectivity index (χ0v) is 20.3. The molecule has 167 valence electrons. The average Bonchev–Trinajstić information content (AvgIpc) is 2.86. The fourth-order valence-corrected chi connectivity index (χ4v) is 4.28. The van der Waals surface area contributed by atoms with E-state index in [9.17, 15) is 4.79 Å². The van der Waals surface area contributed by atoms with Gasteiger partial charge in [0, 0.05) is 30.2 Å². The van der Waals surface area contributed by atoms with Gasteiger partial charge in [0.2, 0.25) is 0 Å². The fraction of sp³-hybridized carbons (Fsp3) is 0.0741. The Morgan fingerprint density at radius 3 is 1.74 bits per heavy atom. The smallest absolute Gasteiger partial charge is 0.193 e. The van der Waals surface area contributed by atoms with Gasteiger partial charge in [-0.1, -0.05) is 42.5 Å². The van der Waals surface area contributed by atoms with Crippen molar-refractivity contribution in [3.8, 4) is 34.5 Å². The summed E-state index contributed by atoms with van der Waals surface area (Å²) in [6.07, 6.45) is 0. The third-order valence-electron chi connectivity index (χ3n) is 4.81. The van der Waals surface area contributed by atoms with Gasteiger partial charge >= 0.3 is 0 Å². The zero-order chi connectivity index (χ0) is 23.0. The number of hydrogen-bond acceptors (Lipinski definition) is 5. The van der Waals surface area contributed by atoms with Crippen molar-refractivity contribution in [3.63, 3.8) is 0 Å². The molecule has 0 spiro atoms. The van der Waals surface area contributed by atoms with Crippen LogP contribution in [0.15, 0.2) is 97.1 Å². The molecule has 4 aromatic rings. The Bertz CT molecular complexity index is 1210. The van der Waals surface area contributed by atoms with Gasteiger partial charge in [-0.25, -0.2) is 0 Å². The Kier molecular flexibility index (Phi) is 9.19. The third kappa shape index (κ3) is 6.21. The van der Waals surface area contributed by atoms with Crippen molar-refractivity contribution in [2.24, 2.45) is 0 Å². The molecule has 0 heterocycles. The van der Waals surface area contributed by atoms with Gasteiger partial charge in [-0.05, 0) is 57.1 Å². The van der Waals surface area contributed by atoms with Crippen LogP contribution in [0.3, 0.4) is 0 Å². The van der Waals surface area contributed by atoms with E-state index in [0.717, 1.165) is 5.30 Å². The van der Waals surface area contributed by atoms with Gasteiger partial charge in [0.25, 0.3) is 0 Å². The molecule has 1 atom stereocenters. The largest absolute Gasteiger partial charge is 0.496 e. The molecule has 4 aromatic carbocycles. The van der Waals surface area contributed by atoms with E-state index in [0.29, 0.717) is 40.1 Å². The van der Waals surface area contributed by atoms with Gasteiger partial charge in [-0.3, -0.25) is 4.79 Å². The van der Waals surface area contributed by atoms with E-state index >= 15 is 0 Å². The van der Waals surface area contributed by atoms with Crippen LogP contribution >= 0.6 is 8.58 Å². The summed E-state index contributed by atoms with van der Waals surface area (Å²) in [5.41, 5.74) is 0.301. The van der Waals surface area contributed by atoms with Crippen LogP contribution in [0.25, 0.3) is 0 Å².